The van der Waals surface area contributed by atoms with Gasteiger partial charge in [-0.25, -0.2) is 4.90 Å². The number of carbonyl (C=O) groups excluding carboxylic acids is 3. The van der Waals surface area contributed by atoms with E-state index in [-0.39, 0.29) is 17.0 Å². The molecule has 1 aliphatic rings. The largest absolute Gasteiger partial charge is 0.494 e. The van der Waals surface area contributed by atoms with Gasteiger partial charge >= 0.3 is 0 Å². The predicted octanol–water partition coefficient (Wildman–Crippen LogP) is 3.77. The minimum Gasteiger partial charge on any atom is -0.494 e. The fraction of sp³-hybridized carbons (Fsp3) is 0.160. The van der Waals surface area contributed by atoms with Gasteiger partial charge in [0, 0.05) is 17.3 Å². The summed E-state index contributed by atoms with van der Waals surface area (Å²) in [5.74, 6) is -0.0159. The summed E-state index contributed by atoms with van der Waals surface area (Å²) in [4.78, 5) is 39.7. The zero-order valence-corrected chi connectivity index (χ0v) is 19.0. The van der Waals surface area contributed by atoms with Crippen LogP contribution in [0.5, 0.6) is 23.0 Å². The quantitative estimate of drug-likeness (QED) is 0.533. The van der Waals surface area contributed by atoms with E-state index in [0.717, 1.165) is 4.90 Å². The summed E-state index contributed by atoms with van der Waals surface area (Å²) in [6.45, 7) is 0. The molecule has 34 heavy (non-hydrogen) atoms. The Balaban J connectivity index is 1.63. The number of carbonyl (C=O) groups is 3. The van der Waals surface area contributed by atoms with Gasteiger partial charge in [-0.05, 0) is 36.4 Å². The van der Waals surface area contributed by atoms with Crippen LogP contribution in [0.4, 0.5) is 11.4 Å². The Hall–Kier alpha value is -4.53. The molecule has 1 aliphatic heterocycles. The van der Waals surface area contributed by atoms with Crippen LogP contribution in [-0.4, -0.2) is 46.2 Å². The average Bonchev–Trinajstić information content (AvgIpc) is 3.12. The first-order valence-corrected chi connectivity index (χ1v) is 10.2. The highest BCUT2D eigenvalue weighted by atomic mass is 16.5. The van der Waals surface area contributed by atoms with Gasteiger partial charge in [-0.15, -0.1) is 0 Å². The number of ether oxygens (including phenoxy) is 4. The highest BCUT2D eigenvalue weighted by Crippen LogP contribution is 2.39. The van der Waals surface area contributed by atoms with Gasteiger partial charge < -0.3 is 24.3 Å². The van der Waals surface area contributed by atoms with Crippen LogP contribution in [-0.2, 0) is 0 Å². The average molecular weight is 462 g/mol. The van der Waals surface area contributed by atoms with Crippen molar-refractivity contribution in [2.24, 2.45) is 0 Å². The lowest BCUT2D eigenvalue weighted by molar-refractivity contribution is 0.0923. The van der Waals surface area contributed by atoms with E-state index in [4.69, 9.17) is 18.9 Å². The van der Waals surface area contributed by atoms with E-state index >= 15 is 0 Å². The second kappa shape index (κ2) is 9.14. The van der Waals surface area contributed by atoms with Crippen LogP contribution in [0.15, 0.2) is 54.6 Å². The first-order valence-electron chi connectivity index (χ1n) is 10.2. The molecule has 0 spiro atoms. The molecule has 9 heteroatoms. The van der Waals surface area contributed by atoms with Crippen molar-refractivity contribution in [1.29, 1.82) is 0 Å². The molecule has 0 unspecified atom stereocenters. The molecule has 0 aliphatic carbocycles. The normalized spacial score (nSPS) is 12.3. The lowest BCUT2D eigenvalue weighted by Gasteiger charge is -2.18. The van der Waals surface area contributed by atoms with Crippen LogP contribution >= 0.6 is 0 Å². The minimum absolute atomic E-state index is 0.247. The maximum atomic E-state index is 12.9. The molecule has 1 N–H and O–H groups in total. The lowest BCUT2D eigenvalue weighted by Crippen LogP contribution is -2.29. The molecule has 0 saturated heterocycles. The Morgan fingerprint density at radius 2 is 1.29 bits per heavy atom. The molecule has 0 atom stereocenters. The van der Waals surface area contributed by atoms with Crippen LogP contribution < -0.4 is 29.2 Å². The highest BCUT2D eigenvalue weighted by molar-refractivity contribution is 6.34. The zero-order valence-electron chi connectivity index (χ0n) is 19.0. The van der Waals surface area contributed by atoms with Crippen molar-refractivity contribution >= 4 is 29.1 Å². The highest BCUT2D eigenvalue weighted by Gasteiger charge is 2.37. The Bertz CT molecular complexity index is 1240. The molecule has 0 aromatic heterocycles. The third-order valence-corrected chi connectivity index (χ3v) is 5.40. The molecule has 3 aromatic rings. The van der Waals surface area contributed by atoms with E-state index in [2.05, 4.69) is 5.32 Å². The van der Waals surface area contributed by atoms with Gasteiger partial charge in [0.2, 0.25) is 5.75 Å². The second-order valence-electron chi connectivity index (χ2n) is 7.25. The smallest absolute Gasteiger partial charge is 0.266 e. The van der Waals surface area contributed by atoms with Crippen LogP contribution in [0.3, 0.4) is 0 Å². The number of nitrogens with zero attached hydrogens (tertiary/aromatic N) is 1. The van der Waals surface area contributed by atoms with Crippen LogP contribution in [0.25, 0.3) is 0 Å². The number of hydrogen-bond acceptors (Lipinski definition) is 7. The molecule has 0 fully saturated rings. The van der Waals surface area contributed by atoms with Crippen LogP contribution in [0.2, 0.25) is 0 Å². The van der Waals surface area contributed by atoms with Gasteiger partial charge in [0.1, 0.15) is 5.75 Å². The van der Waals surface area contributed by atoms with E-state index in [1.807, 2.05) is 0 Å². The Kier molecular flexibility index (Phi) is 6.09. The van der Waals surface area contributed by atoms with E-state index in [9.17, 15) is 14.4 Å². The Morgan fingerprint density at radius 3 is 1.79 bits per heavy atom. The molecule has 4 rings (SSSR count). The SMILES string of the molecule is COc1cc(NC(=O)c2cc(OC)c(OC)c(OC)c2)ccc1N1C(=O)c2ccccc2C1=O. The summed E-state index contributed by atoms with van der Waals surface area (Å²) in [5.41, 5.74) is 1.61. The van der Waals surface area contributed by atoms with Crippen molar-refractivity contribution in [2.75, 3.05) is 38.7 Å². The second-order valence-corrected chi connectivity index (χ2v) is 7.25. The Labute approximate surface area is 195 Å². The first-order chi connectivity index (χ1) is 16.4. The number of methoxy groups -OCH3 is 4. The van der Waals surface area contributed by atoms with Gasteiger partial charge in [0.15, 0.2) is 11.5 Å². The molecule has 3 amide bonds. The number of imide groups is 1. The van der Waals surface area contributed by atoms with Crippen molar-refractivity contribution < 1.29 is 33.3 Å². The fourth-order valence-corrected chi connectivity index (χ4v) is 3.76. The van der Waals surface area contributed by atoms with E-state index in [0.29, 0.717) is 34.1 Å². The number of amides is 3. The van der Waals surface area contributed by atoms with Crippen LogP contribution in [0, 0.1) is 0 Å². The van der Waals surface area contributed by atoms with Crippen molar-refractivity contribution in [3.63, 3.8) is 0 Å². The number of anilines is 2. The molecule has 0 saturated carbocycles. The number of hydrogen-bond donors (Lipinski definition) is 1. The van der Waals surface area contributed by atoms with Crippen molar-refractivity contribution in [2.45, 2.75) is 0 Å². The molecular formula is C25H22N2O7. The van der Waals surface area contributed by atoms with Crippen molar-refractivity contribution in [1.82, 2.24) is 0 Å². The predicted molar refractivity (Wildman–Crippen MR) is 125 cm³/mol. The standard InChI is InChI=1S/C25H22N2O7/c1-31-19-13-15(26-23(28)14-11-20(32-2)22(34-4)21(12-14)33-3)9-10-18(19)27-24(29)16-7-5-6-8-17(16)25(27)30/h5-13H,1-4H3,(H,26,28). The Morgan fingerprint density at radius 1 is 0.735 bits per heavy atom. The number of rotatable bonds is 7. The van der Waals surface area contributed by atoms with Gasteiger partial charge in [-0.3, -0.25) is 14.4 Å². The maximum Gasteiger partial charge on any atom is 0.266 e. The van der Waals surface area contributed by atoms with Crippen molar-refractivity contribution in [3.8, 4) is 23.0 Å². The maximum absolute atomic E-state index is 12.9. The molecule has 1 heterocycles. The van der Waals surface area contributed by atoms with Crippen molar-refractivity contribution in [3.05, 3.63) is 71.3 Å². The van der Waals surface area contributed by atoms with Gasteiger partial charge in [0.25, 0.3) is 17.7 Å². The van der Waals surface area contributed by atoms with E-state index < -0.39 is 17.7 Å². The fourth-order valence-electron chi connectivity index (χ4n) is 3.76. The summed E-state index contributed by atoms with van der Waals surface area (Å²) < 4.78 is 21.3. The summed E-state index contributed by atoms with van der Waals surface area (Å²) in [5, 5.41) is 2.77. The summed E-state index contributed by atoms with van der Waals surface area (Å²) >= 11 is 0. The summed E-state index contributed by atoms with van der Waals surface area (Å²) in [6.07, 6.45) is 0. The van der Waals surface area contributed by atoms with Gasteiger partial charge in [-0.2, -0.15) is 0 Å². The van der Waals surface area contributed by atoms with Crippen LogP contribution in [0.1, 0.15) is 31.1 Å². The van der Waals surface area contributed by atoms with E-state index in [1.54, 1.807) is 36.4 Å². The minimum atomic E-state index is -0.437. The monoisotopic (exact) mass is 462 g/mol. The number of nitrogens with one attached hydrogen (secondary N) is 1. The summed E-state index contributed by atoms with van der Waals surface area (Å²) in [7, 11) is 5.81. The lowest BCUT2D eigenvalue weighted by atomic mass is 10.1. The topological polar surface area (TPSA) is 103 Å². The third kappa shape index (κ3) is 3.77. The molecule has 3 aromatic carbocycles. The third-order valence-electron chi connectivity index (χ3n) is 5.40. The molecule has 174 valence electrons. The number of benzene rings is 3. The summed E-state index contributed by atoms with van der Waals surface area (Å²) in [6, 6.07) is 14.3. The van der Waals surface area contributed by atoms with E-state index in [1.165, 1.54) is 46.6 Å². The molecule has 0 radical (unpaired) electrons. The molecular weight excluding hydrogens is 440 g/mol. The molecule has 0 bridgehead atoms. The zero-order chi connectivity index (χ0) is 24.4. The van der Waals surface area contributed by atoms with Gasteiger partial charge in [-0.1, -0.05) is 12.1 Å². The number of fused-ring (bicyclic) bond motifs is 1. The first kappa shape index (κ1) is 22.7. The van der Waals surface area contributed by atoms with Gasteiger partial charge in [0.05, 0.1) is 45.3 Å². The molecule has 9 nitrogen and oxygen atoms in total.